The normalized spacial score (nSPS) is 11.9. The molecule has 0 saturated carbocycles. The van der Waals surface area contributed by atoms with E-state index in [0.717, 1.165) is 22.4 Å². The minimum absolute atomic E-state index is 0.0776. The van der Waals surface area contributed by atoms with Gasteiger partial charge in [0.25, 0.3) is 0 Å². The molecule has 1 heterocycles. The average molecular weight is 400 g/mol. The van der Waals surface area contributed by atoms with Gasteiger partial charge in [-0.2, -0.15) is 0 Å². The van der Waals surface area contributed by atoms with Crippen molar-refractivity contribution in [2.24, 2.45) is 5.73 Å². The number of halogens is 1. The number of carbonyl (C=O) groups is 2. The largest absolute Gasteiger partial charge is 0.354 e. The highest BCUT2D eigenvalue weighted by Crippen LogP contribution is 2.19. The van der Waals surface area contributed by atoms with Crippen LogP contribution in [0.1, 0.15) is 23.9 Å². The lowest BCUT2D eigenvalue weighted by Crippen LogP contribution is -2.37. The summed E-state index contributed by atoms with van der Waals surface area (Å²) in [6, 6.07) is 13.6. The molecule has 3 aromatic rings. The van der Waals surface area contributed by atoms with Crippen molar-refractivity contribution in [2.75, 3.05) is 6.54 Å². The van der Waals surface area contributed by atoms with Crippen LogP contribution in [0.5, 0.6) is 0 Å². The van der Waals surface area contributed by atoms with Crippen molar-refractivity contribution < 1.29 is 9.59 Å². The second-order valence-corrected chi connectivity index (χ2v) is 6.90. The molecule has 2 aromatic carbocycles. The molecule has 0 aliphatic carbocycles. The van der Waals surface area contributed by atoms with E-state index in [4.69, 9.17) is 17.3 Å². The molecule has 0 aliphatic rings. The third-order valence-corrected chi connectivity index (χ3v) is 4.73. The van der Waals surface area contributed by atoms with Gasteiger partial charge in [0.1, 0.15) is 5.82 Å². The molecule has 0 aliphatic heterocycles. The quantitative estimate of drug-likeness (QED) is 0.569. The van der Waals surface area contributed by atoms with Gasteiger partial charge in [0.05, 0.1) is 23.5 Å². The number of carbonyl (C=O) groups excluding carboxylic acids is 2. The minimum Gasteiger partial charge on any atom is -0.354 e. The first kappa shape index (κ1) is 19.7. The van der Waals surface area contributed by atoms with E-state index < -0.39 is 12.1 Å². The second-order valence-electron chi connectivity index (χ2n) is 6.47. The van der Waals surface area contributed by atoms with Crippen LogP contribution in [0.2, 0.25) is 5.02 Å². The molecule has 1 unspecified atom stereocenters. The number of nitrogens with one attached hydrogen (secondary N) is 2. The van der Waals surface area contributed by atoms with Gasteiger partial charge in [-0.05, 0) is 36.8 Å². The first-order chi connectivity index (χ1) is 13.4. The van der Waals surface area contributed by atoms with Gasteiger partial charge in [-0.3, -0.25) is 4.79 Å². The monoisotopic (exact) mass is 399 g/mol. The van der Waals surface area contributed by atoms with Crippen molar-refractivity contribution in [1.29, 1.82) is 0 Å². The molecule has 8 heteroatoms. The van der Waals surface area contributed by atoms with E-state index >= 15 is 0 Å². The standard InChI is InChI=1S/C20H22ClN5O2/c1-13-24-16-4-2-3-5-18(16)26(13)11-10-23-19(27)12-17(25-20(22)28)14-6-8-15(21)9-7-14/h2-9,17H,10-12H2,1H3,(H,23,27)(H3,22,25,28). The lowest BCUT2D eigenvalue weighted by atomic mass is 10.0. The highest BCUT2D eigenvalue weighted by atomic mass is 35.5. The molecule has 4 N–H and O–H groups in total. The molecule has 146 valence electrons. The maximum Gasteiger partial charge on any atom is 0.312 e. The van der Waals surface area contributed by atoms with E-state index in [0.29, 0.717) is 18.1 Å². The number of hydrogen-bond donors (Lipinski definition) is 3. The van der Waals surface area contributed by atoms with Gasteiger partial charge in [-0.15, -0.1) is 0 Å². The number of nitrogens with two attached hydrogens (primary N) is 1. The predicted molar refractivity (Wildman–Crippen MR) is 109 cm³/mol. The molecule has 0 saturated heterocycles. The zero-order valence-corrected chi connectivity index (χ0v) is 16.2. The highest BCUT2D eigenvalue weighted by molar-refractivity contribution is 6.30. The smallest absolute Gasteiger partial charge is 0.312 e. The molecule has 0 spiro atoms. The van der Waals surface area contributed by atoms with E-state index in [2.05, 4.69) is 20.2 Å². The van der Waals surface area contributed by atoms with E-state index in [9.17, 15) is 9.59 Å². The zero-order chi connectivity index (χ0) is 20.1. The van der Waals surface area contributed by atoms with Crippen molar-refractivity contribution in [3.8, 4) is 0 Å². The number of urea groups is 1. The topological polar surface area (TPSA) is 102 Å². The Bertz CT molecular complexity index is 984. The number of benzene rings is 2. The third kappa shape index (κ3) is 4.80. The summed E-state index contributed by atoms with van der Waals surface area (Å²) in [4.78, 5) is 28.2. The van der Waals surface area contributed by atoms with Gasteiger partial charge in [-0.1, -0.05) is 35.9 Å². The summed E-state index contributed by atoms with van der Waals surface area (Å²) in [5.74, 6) is 0.709. The Balaban J connectivity index is 1.60. The molecule has 7 nitrogen and oxygen atoms in total. The molecule has 3 amide bonds. The van der Waals surface area contributed by atoms with Gasteiger partial charge in [0, 0.05) is 18.1 Å². The van der Waals surface area contributed by atoms with Gasteiger partial charge in [-0.25, -0.2) is 9.78 Å². The summed E-state index contributed by atoms with van der Waals surface area (Å²) in [7, 11) is 0. The van der Waals surface area contributed by atoms with Gasteiger partial charge in [0.15, 0.2) is 0 Å². The van der Waals surface area contributed by atoms with Crippen LogP contribution in [0.15, 0.2) is 48.5 Å². The summed E-state index contributed by atoms with van der Waals surface area (Å²) in [6.07, 6.45) is 0.0776. The predicted octanol–water partition coefficient (Wildman–Crippen LogP) is 2.91. The third-order valence-electron chi connectivity index (χ3n) is 4.48. The average Bonchev–Trinajstić information content (AvgIpc) is 2.97. The Morgan fingerprint density at radius 3 is 2.61 bits per heavy atom. The van der Waals surface area contributed by atoms with Crippen LogP contribution in [-0.2, 0) is 11.3 Å². The molecular weight excluding hydrogens is 378 g/mol. The molecule has 28 heavy (non-hydrogen) atoms. The van der Waals surface area contributed by atoms with Crippen LogP contribution < -0.4 is 16.4 Å². The number of hydrogen-bond acceptors (Lipinski definition) is 3. The van der Waals surface area contributed by atoms with E-state index in [-0.39, 0.29) is 12.3 Å². The Labute approximate surface area is 167 Å². The fourth-order valence-electron chi connectivity index (χ4n) is 3.16. The van der Waals surface area contributed by atoms with Crippen LogP contribution in [-0.4, -0.2) is 28.0 Å². The van der Waals surface area contributed by atoms with Crippen molar-refractivity contribution in [1.82, 2.24) is 20.2 Å². The summed E-state index contributed by atoms with van der Waals surface area (Å²) >= 11 is 5.90. The van der Waals surface area contributed by atoms with Gasteiger partial charge >= 0.3 is 6.03 Å². The Morgan fingerprint density at radius 1 is 1.18 bits per heavy atom. The van der Waals surface area contributed by atoms with Gasteiger partial charge in [0.2, 0.25) is 5.91 Å². The van der Waals surface area contributed by atoms with Crippen LogP contribution >= 0.6 is 11.6 Å². The number of primary amides is 1. The van der Waals surface area contributed by atoms with Crippen LogP contribution in [0.25, 0.3) is 11.0 Å². The van der Waals surface area contributed by atoms with Crippen molar-refractivity contribution in [2.45, 2.75) is 25.9 Å². The minimum atomic E-state index is -0.687. The summed E-state index contributed by atoms with van der Waals surface area (Å²) in [6.45, 7) is 2.99. The van der Waals surface area contributed by atoms with Gasteiger partial charge < -0.3 is 20.9 Å². The van der Waals surface area contributed by atoms with Crippen LogP contribution in [0, 0.1) is 6.92 Å². The maximum atomic E-state index is 12.4. The number of aryl methyl sites for hydroxylation is 1. The molecule has 1 aromatic heterocycles. The molecule has 0 radical (unpaired) electrons. The first-order valence-electron chi connectivity index (χ1n) is 8.94. The highest BCUT2D eigenvalue weighted by Gasteiger charge is 2.17. The number of para-hydroxylation sites is 2. The fourth-order valence-corrected chi connectivity index (χ4v) is 3.29. The SMILES string of the molecule is Cc1nc2ccccc2n1CCNC(=O)CC(NC(N)=O)c1ccc(Cl)cc1. The number of nitrogens with zero attached hydrogens (tertiary/aromatic N) is 2. The first-order valence-corrected chi connectivity index (χ1v) is 9.32. The summed E-state index contributed by atoms with van der Waals surface area (Å²) < 4.78 is 2.06. The molecule has 1 atom stereocenters. The van der Waals surface area contributed by atoms with E-state index in [1.54, 1.807) is 24.3 Å². The second kappa shape index (κ2) is 8.75. The summed E-state index contributed by atoms with van der Waals surface area (Å²) in [5, 5.41) is 6.07. The van der Waals surface area contributed by atoms with Crippen LogP contribution in [0.3, 0.4) is 0 Å². The Hall–Kier alpha value is -3.06. The van der Waals surface area contributed by atoms with Crippen molar-refractivity contribution in [3.05, 3.63) is 64.9 Å². The Kier molecular flexibility index (Phi) is 6.16. The molecular formula is C20H22ClN5O2. The molecule has 0 fully saturated rings. The van der Waals surface area contributed by atoms with Crippen LogP contribution in [0.4, 0.5) is 4.79 Å². The number of fused-ring (bicyclic) bond motifs is 1. The number of imidazole rings is 1. The lowest BCUT2D eigenvalue weighted by molar-refractivity contribution is -0.121. The number of rotatable bonds is 7. The number of amides is 3. The Morgan fingerprint density at radius 2 is 1.89 bits per heavy atom. The van der Waals surface area contributed by atoms with E-state index in [1.807, 2.05) is 31.2 Å². The van der Waals surface area contributed by atoms with Crippen molar-refractivity contribution in [3.63, 3.8) is 0 Å². The lowest BCUT2D eigenvalue weighted by Gasteiger charge is -2.18. The molecule has 3 rings (SSSR count). The molecule has 0 bridgehead atoms. The number of aromatic nitrogens is 2. The fraction of sp³-hybridized carbons (Fsp3) is 0.250. The zero-order valence-electron chi connectivity index (χ0n) is 15.5. The van der Waals surface area contributed by atoms with Crippen molar-refractivity contribution >= 4 is 34.6 Å². The van der Waals surface area contributed by atoms with E-state index in [1.165, 1.54) is 0 Å². The summed E-state index contributed by atoms with van der Waals surface area (Å²) in [5.41, 5.74) is 7.97. The maximum absolute atomic E-state index is 12.4.